The quantitative estimate of drug-likeness (QED) is 0.528. The Morgan fingerprint density at radius 3 is 2.53 bits per heavy atom. The SMILES string of the molecule is CCOC(=O)C1=C(C)OC(N)=C(C#N)C1c1cc(O[Si](C)(C)C(C)(C)C)ccc1F. The average molecular weight is 433 g/mol. The number of ether oxygens (including phenoxy) is 2. The van der Waals surface area contributed by atoms with Crippen LogP contribution in [0.25, 0.3) is 0 Å². The molecule has 0 aromatic heterocycles. The molecule has 1 aliphatic heterocycles. The Balaban J connectivity index is 2.64. The summed E-state index contributed by atoms with van der Waals surface area (Å²) in [5.41, 5.74) is 6.00. The maximum Gasteiger partial charge on any atom is 0.338 e. The third-order valence-electron chi connectivity index (χ3n) is 5.56. The van der Waals surface area contributed by atoms with Crippen LogP contribution in [0.2, 0.25) is 18.1 Å². The van der Waals surface area contributed by atoms with Gasteiger partial charge in [-0.3, -0.25) is 0 Å². The molecule has 1 aliphatic rings. The molecule has 30 heavy (non-hydrogen) atoms. The van der Waals surface area contributed by atoms with Crippen molar-refractivity contribution < 1.29 is 23.1 Å². The van der Waals surface area contributed by atoms with E-state index in [2.05, 4.69) is 33.9 Å². The van der Waals surface area contributed by atoms with Crippen molar-refractivity contribution in [1.29, 1.82) is 5.26 Å². The number of hydrogen-bond donors (Lipinski definition) is 1. The Morgan fingerprint density at radius 2 is 2.00 bits per heavy atom. The number of hydrogen-bond acceptors (Lipinski definition) is 6. The second-order valence-corrected chi connectivity index (χ2v) is 13.4. The molecule has 0 spiro atoms. The van der Waals surface area contributed by atoms with Crippen LogP contribution in [0.4, 0.5) is 4.39 Å². The normalized spacial score (nSPS) is 17.4. The first-order valence-corrected chi connectivity index (χ1v) is 12.7. The molecular formula is C22H29FN2O4Si. The van der Waals surface area contributed by atoms with Gasteiger partial charge in [0.15, 0.2) is 0 Å². The Bertz CT molecular complexity index is 955. The number of nitrogens with two attached hydrogens (primary N) is 1. The van der Waals surface area contributed by atoms with E-state index in [-0.39, 0.29) is 40.0 Å². The van der Waals surface area contributed by atoms with Crippen molar-refractivity contribution in [3.63, 3.8) is 0 Å². The van der Waals surface area contributed by atoms with Crippen molar-refractivity contribution in [3.8, 4) is 11.8 Å². The van der Waals surface area contributed by atoms with Crippen molar-refractivity contribution in [2.45, 2.75) is 58.7 Å². The van der Waals surface area contributed by atoms with E-state index in [1.54, 1.807) is 13.0 Å². The summed E-state index contributed by atoms with van der Waals surface area (Å²) < 4.78 is 31.8. The summed E-state index contributed by atoms with van der Waals surface area (Å²) in [6.07, 6.45) is 0. The van der Waals surface area contributed by atoms with Gasteiger partial charge in [0, 0.05) is 5.56 Å². The van der Waals surface area contributed by atoms with Gasteiger partial charge in [-0.1, -0.05) is 20.8 Å². The van der Waals surface area contributed by atoms with E-state index >= 15 is 0 Å². The molecule has 1 heterocycles. The van der Waals surface area contributed by atoms with Gasteiger partial charge in [0.25, 0.3) is 0 Å². The van der Waals surface area contributed by atoms with Gasteiger partial charge in [-0.25, -0.2) is 9.18 Å². The molecule has 2 rings (SSSR count). The van der Waals surface area contributed by atoms with Gasteiger partial charge < -0.3 is 19.6 Å². The zero-order chi connectivity index (χ0) is 22.9. The molecule has 1 aromatic rings. The standard InChI is InChI=1S/C22H29FN2O4Si/c1-8-27-21(26)18-13(2)28-20(25)16(12-24)19(18)15-11-14(9-10-17(15)23)29-30(6,7)22(3,4)5/h9-11,19H,8,25H2,1-7H3. The van der Waals surface area contributed by atoms with Crippen molar-refractivity contribution in [1.82, 2.24) is 0 Å². The summed E-state index contributed by atoms with van der Waals surface area (Å²) in [4.78, 5) is 12.6. The van der Waals surface area contributed by atoms with Gasteiger partial charge in [0.2, 0.25) is 14.2 Å². The zero-order valence-electron chi connectivity index (χ0n) is 18.6. The van der Waals surface area contributed by atoms with Crippen LogP contribution in [-0.2, 0) is 14.3 Å². The van der Waals surface area contributed by atoms with E-state index in [0.29, 0.717) is 5.75 Å². The second-order valence-electron chi connectivity index (χ2n) is 8.66. The highest BCUT2D eigenvalue weighted by Gasteiger charge is 2.40. The zero-order valence-corrected chi connectivity index (χ0v) is 19.6. The molecule has 0 saturated carbocycles. The van der Waals surface area contributed by atoms with E-state index < -0.39 is 26.0 Å². The minimum absolute atomic E-state index is 0.0472. The molecule has 1 atom stereocenters. The first-order chi connectivity index (χ1) is 13.8. The van der Waals surface area contributed by atoms with Crippen LogP contribution in [0.5, 0.6) is 5.75 Å². The summed E-state index contributed by atoms with van der Waals surface area (Å²) in [5, 5.41) is 9.61. The van der Waals surface area contributed by atoms with E-state index in [1.807, 2.05) is 6.07 Å². The van der Waals surface area contributed by atoms with E-state index in [4.69, 9.17) is 19.6 Å². The highest BCUT2D eigenvalue weighted by molar-refractivity contribution is 6.74. The van der Waals surface area contributed by atoms with Crippen LogP contribution < -0.4 is 10.2 Å². The van der Waals surface area contributed by atoms with Gasteiger partial charge in [-0.15, -0.1) is 0 Å². The number of halogens is 1. The van der Waals surface area contributed by atoms with Crippen LogP contribution in [0.3, 0.4) is 0 Å². The third-order valence-corrected chi connectivity index (χ3v) is 9.92. The number of carbonyl (C=O) groups excluding carboxylic acids is 1. The molecule has 1 aromatic carbocycles. The fraction of sp³-hybridized carbons (Fsp3) is 0.455. The molecule has 162 valence electrons. The monoisotopic (exact) mass is 432 g/mol. The fourth-order valence-electron chi connectivity index (χ4n) is 2.92. The molecule has 1 unspecified atom stereocenters. The fourth-order valence-corrected chi connectivity index (χ4v) is 3.94. The molecule has 0 amide bonds. The number of rotatable bonds is 5. The van der Waals surface area contributed by atoms with Crippen LogP contribution >= 0.6 is 0 Å². The number of benzene rings is 1. The van der Waals surface area contributed by atoms with Crippen LogP contribution in [0.15, 0.2) is 41.0 Å². The number of nitrogens with zero attached hydrogens (tertiary/aromatic N) is 1. The Hall–Kier alpha value is -2.79. The maximum absolute atomic E-state index is 15.0. The Labute approximate surface area is 178 Å². The van der Waals surface area contributed by atoms with Gasteiger partial charge in [0.05, 0.1) is 18.1 Å². The van der Waals surface area contributed by atoms with E-state index in [9.17, 15) is 14.4 Å². The summed E-state index contributed by atoms with van der Waals surface area (Å²) in [5.74, 6) is -1.84. The predicted octanol–water partition coefficient (Wildman–Crippen LogP) is 4.85. The smallest absolute Gasteiger partial charge is 0.338 e. The second kappa shape index (κ2) is 8.52. The molecule has 0 radical (unpaired) electrons. The molecule has 0 aliphatic carbocycles. The van der Waals surface area contributed by atoms with Gasteiger partial charge >= 0.3 is 5.97 Å². The first-order valence-electron chi connectivity index (χ1n) is 9.78. The lowest BCUT2D eigenvalue weighted by Gasteiger charge is -2.36. The van der Waals surface area contributed by atoms with Crippen molar-refractivity contribution in [2.75, 3.05) is 6.61 Å². The highest BCUT2D eigenvalue weighted by Crippen LogP contribution is 2.43. The summed E-state index contributed by atoms with van der Waals surface area (Å²) in [7, 11) is -2.19. The third kappa shape index (κ3) is 4.51. The molecule has 2 N–H and O–H groups in total. The summed E-state index contributed by atoms with van der Waals surface area (Å²) in [6, 6.07) is 6.32. The number of esters is 1. The molecule has 0 bridgehead atoms. The van der Waals surface area contributed by atoms with Crippen LogP contribution in [-0.4, -0.2) is 20.9 Å². The average Bonchev–Trinajstić information content (AvgIpc) is 2.61. The lowest BCUT2D eigenvalue weighted by Crippen LogP contribution is -2.43. The lowest BCUT2D eigenvalue weighted by atomic mass is 9.82. The molecular weight excluding hydrogens is 403 g/mol. The van der Waals surface area contributed by atoms with E-state index in [0.717, 1.165) is 0 Å². The Morgan fingerprint density at radius 1 is 1.37 bits per heavy atom. The number of carbonyl (C=O) groups is 1. The molecule has 0 saturated heterocycles. The highest BCUT2D eigenvalue weighted by atomic mass is 28.4. The minimum atomic E-state index is -2.19. The van der Waals surface area contributed by atoms with Crippen molar-refractivity contribution in [2.24, 2.45) is 5.73 Å². The van der Waals surface area contributed by atoms with Crippen molar-refractivity contribution in [3.05, 3.63) is 52.4 Å². The maximum atomic E-state index is 15.0. The molecule has 6 nitrogen and oxygen atoms in total. The van der Waals surface area contributed by atoms with Gasteiger partial charge in [-0.05, 0) is 50.2 Å². The first kappa shape index (κ1) is 23.5. The predicted molar refractivity (Wildman–Crippen MR) is 114 cm³/mol. The summed E-state index contributed by atoms with van der Waals surface area (Å²) >= 11 is 0. The molecule has 0 fully saturated rings. The minimum Gasteiger partial charge on any atom is -0.543 e. The van der Waals surface area contributed by atoms with Crippen LogP contribution in [0, 0.1) is 17.1 Å². The van der Waals surface area contributed by atoms with Gasteiger partial charge in [-0.2, -0.15) is 5.26 Å². The topological polar surface area (TPSA) is 94.6 Å². The lowest BCUT2D eigenvalue weighted by molar-refractivity contribution is -0.139. The Kier molecular flexibility index (Phi) is 6.67. The largest absolute Gasteiger partial charge is 0.543 e. The number of nitriles is 1. The summed E-state index contributed by atoms with van der Waals surface area (Å²) in [6.45, 7) is 13.8. The number of allylic oxidation sites excluding steroid dienone is 2. The van der Waals surface area contributed by atoms with Gasteiger partial charge in [0.1, 0.15) is 29.0 Å². The van der Waals surface area contributed by atoms with Crippen molar-refractivity contribution >= 4 is 14.3 Å². The van der Waals surface area contributed by atoms with E-state index in [1.165, 1.54) is 19.1 Å². The molecule has 8 heteroatoms. The van der Waals surface area contributed by atoms with Crippen LogP contribution in [0.1, 0.15) is 46.1 Å².